The number of rotatable bonds is 6. The number of hydrogen-bond donors (Lipinski definition) is 2. The van der Waals surface area contributed by atoms with Crippen molar-refractivity contribution in [3.8, 4) is 12.3 Å². The third-order valence-corrected chi connectivity index (χ3v) is 2.28. The second kappa shape index (κ2) is 6.40. The molecule has 0 atom stereocenters. The van der Waals surface area contributed by atoms with Gasteiger partial charge in [-0.25, -0.2) is 13.6 Å². The zero-order valence-electron chi connectivity index (χ0n) is 7.82. The number of sulfonamides is 1. The summed E-state index contributed by atoms with van der Waals surface area (Å²) in [6.45, 7) is 0.305. The topological polar surface area (TPSA) is 89.3 Å². The van der Waals surface area contributed by atoms with Gasteiger partial charge in [-0.15, -0.1) is 12.3 Å². The molecule has 14 heavy (non-hydrogen) atoms. The summed E-state index contributed by atoms with van der Waals surface area (Å²) in [7, 11) is -3.42. The highest BCUT2D eigenvalue weighted by Gasteiger charge is 2.03. The molecule has 0 aliphatic heterocycles. The highest BCUT2D eigenvalue weighted by atomic mass is 32.2. The Morgan fingerprint density at radius 1 is 1.50 bits per heavy atom. The first-order chi connectivity index (χ1) is 6.45. The van der Waals surface area contributed by atoms with Crippen molar-refractivity contribution < 1.29 is 13.2 Å². The zero-order valence-corrected chi connectivity index (χ0v) is 8.64. The molecule has 0 spiro atoms. The predicted molar refractivity (Wildman–Crippen MR) is 53.7 cm³/mol. The predicted octanol–water partition coefficient (Wildman–Crippen LogP) is -0.805. The lowest BCUT2D eigenvalue weighted by Gasteiger charge is -2.02. The van der Waals surface area contributed by atoms with Crippen molar-refractivity contribution in [1.29, 1.82) is 0 Å². The van der Waals surface area contributed by atoms with Crippen LogP contribution in [0.4, 0.5) is 0 Å². The van der Waals surface area contributed by atoms with E-state index in [4.69, 9.17) is 11.6 Å². The van der Waals surface area contributed by atoms with Crippen LogP contribution in [0.2, 0.25) is 0 Å². The van der Waals surface area contributed by atoms with Crippen molar-refractivity contribution in [2.45, 2.75) is 19.3 Å². The van der Waals surface area contributed by atoms with Crippen LogP contribution < -0.4 is 10.5 Å². The molecule has 6 heteroatoms. The first-order valence-corrected chi connectivity index (χ1v) is 5.88. The van der Waals surface area contributed by atoms with E-state index in [9.17, 15) is 13.2 Å². The molecule has 0 aromatic rings. The Balaban J connectivity index is 3.47. The van der Waals surface area contributed by atoms with Crippen LogP contribution in [0.3, 0.4) is 0 Å². The molecule has 0 radical (unpaired) electrons. The molecule has 0 aromatic carbocycles. The van der Waals surface area contributed by atoms with Gasteiger partial charge >= 0.3 is 0 Å². The van der Waals surface area contributed by atoms with E-state index in [0.29, 0.717) is 19.4 Å². The van der Waals surface area contributed by atoms with E-state index in [1.165, 1.54) is 0 Å². The van der Waals surface area contributed by atoms with Crippen molar-refractivity contribution in [2.24, 2.45) is 5.14 Å². The summed E-state index contributed by atoms with van der Waals surface area (Å²) in [5.41, 5.74) is 0. The van der Waals surface area contributed by atoms with Crippen LogP contribution in [0.1, 0.15) is 19.3 Å². The first kappa shape index (κ1) is 12.9. The fourth-order valence-electron chi connectivity index (χ4n) is 0.775. The normalized spacial score (nSPS) is 10.6. The number of terminal acetylenes is 1. The summed E-state index contributed by atoms with van der Waals surface area (Å²) in [6, 6.07) is 0. The summed E-state index contributed by atoms with van der Waals surface area (Å²) < 4.78 is 21.0. The van der Waals surface area contributed by atoms with E-state index in [-0.39, 0.29) is 18.1 Å². The van der Waals surface area contributed by atoms with Gasteiger partial charge in [0.15, 0.2) is 0 Å². The van der Waals surface area contributed by atoms with Crippen LogP contribution in [0, 0.1) is 12.3 Å². The molecule has 0 bridgehead atoms. The van der Waals surface area contributed by atoms with Gasteiger partial charge in [-0.2, -0.15) is 0 Å². The van der Waals surface area contributed by atoms with E-state index < -0.39 is 10.0 Å². The van der Waals surface area contributed by atoms with Crippen molar-refractivity contribution >= 4 is 15.9 Å². The molecule has 0 fully saturated rings. The van der Waals surface area contributed by atoms with Crippen LogP contribution in [0.5, 0.6) is 0 Å². The minimum absolute atomic E-state index is 0.123. The Morgan fingerprint density at radius 2 is 2.14 bits per heavy atom. The fourth-order valence-corrected chi connectivity index (χ4v) is 1.32. The second-order valence-electron chi connectivity index (χ2n) is 2.77. The Morgan fingerprint density at radius 3 is 2.64 bits per heavy atom. The standard InChI is InChI=1S/C8H14N2O3S/c1-2-3-5-8(11)10-6-4-7-14(9,12)13/h1H,3-7H2,(H,10,11)(H2,9,12,13). The van der Waals surface area contributed by atoms with Gasteiger partial charge < -0.3 is 5.32 Å². The van der Waals surface area contributed by atoms with Crippen LogP contribution >= 0.6 is 0 Å². The monoisotopic (exact) mass is 218 g/mol. The summed E-state index contributed by atoms with van der Waals surface area (Å²) in [5, 5.41) is 7.30. The van der Waals surface area contributed by atoms with Gasteiger partial charge in [0.1, 0.15) is 0 Å². The van der Waals surface area contributed by atoms with Gasteiger partial charge in [-0.1, -0.05) is 0 Å². The Hall–Kier alpha value is -1.06. The van der Waals surface area contributed by atoms with Crippen molar-refractivity contribution in [2.75, 3.05) is 12.3 Å². The Labute approximate surface area is 84.1 Å². The number of nitrogens with two attached hydrogens (primary N) is 1. The first-order valence-electron chi connectivity index (χ1n) is 4.16. The molecule has 0 aliphatic rings. The summed E-state index contributed by atoms with van der Waals surface area (Å²) in [6.07, 6.45) is 5.94. The van der Waals surface area contributed by atoms with Gasteiger partial charge in [0.2, 0.25) is 15.9 Å². The van der Waals surface area contributed by atoms with Crippen LogP contribution in [0.15, 0.2) is 0 Å². The zero-order chi connectivity index (χ0) is 11.0. The molecular formula is C8H14N2O3S. The number of carbonyl (C=O) groups excluding carboxylic acids is 1. The number of hydrogen-bond acceptors (Lipinski definition) is 3. The average Bonchev–Trinajstić information content (AvgIpc) is 2.07. The molecule has 0 rings (SSSR count). The third-order valence-electron chi connectivity index (χ3n) is 1.42. The molecule has 0 heterocycles. The maximum absolute atomic E-state index is 10.9. The van der Waals surface area contributed by atoms with Crippen molar-refractivity contribution in [1.82, 2.24) is 5.32 Å². The van der Waals surface area contributed by atoms with Gasteiger partial charge in [-0.3, -0.25) is 4.79 Å². The molecule has 0 saturated carbocycles. The molecule has 3 N–H and O–H groups in total. The summed E-state index contributed by atoms with van der Waals surface area (Å²) in [5.74, 6) is 2.04. The highest BCUT2D eigenvalue weighted by molar-refractivity contribution is 7.89. The smallest absolute Gasteiger partial charge is 0.220 e. The molecule has 0 aliphatic carbocycles. The average molecular weight is 218 g/mol. The van der Waals surface area contributed by atoms with E-state index in [0.717, 1.165) is 0 Å². The van der Waals surface area contributed by atoms with E-state index in [1.54, 1.807) is 0 Å². The molecular weight excluding hydrogens is 204 g/mol. The SMILES string of the molecule is C#CCCC(=O)NCCCS(N)(=O)=O. The minimum atomic E-state index is -3.42. The lowest BCUT2D eigenvalue weighted by atomic mass is 10.3. The molecule has 0 unspecified atom stereocenters. The molecule has 5 nitrogen and oxygen atoms in total. The number of nitrogens with one attached hydrogen (secondary N) is 1. The minimum Gasteiger partial charge on any atom is -0.356 e. The van der Waals surface area contributed by atoms with Gasteiger partial charge in [0, 0.05) is 19.4 Å². The molecule has 1 amide bonds. The fraction of sp³-hybridized carbons (Fsp3) is 0.625. The second-order valence-corrected chi connectivity index (χ2v) is 4.51. The molecule has 80 valence electrons. The number of carbonyl (C=O) groups is 1. The Kier molecular flexibility index (Phi) is 5.92. The van der Waals surface area contributed by atoms with Crippen LogP contribution in [-0.4, -0.2) is 26.6 Å². The molecule has 0 aromatic heterocycles. The van der Waals surface area contributed by atoms with E-state index in [2.05, 4.69) is 11.2 Å². The lowest BCUT2D eigenvalue weighted by molar-refractivity contribution is -0.120. The Bertz CT molecular complexity index is 316. The maximum atomic E-state index is 10.9. The van der Waals surface area contributed by atoms with Crippen LogP contribution in [-0.2, 0) is 14.8 Å². The third kappa shape index (κ3) is 9.03. The largest absolute Gasteiger partial charge is 0.356 e. The number of amides is 1. The summed E-state index contributed by atoms with van der Waals surface area (Å²) >= 11 is 0. The van der Waals surface area contributed by atoms with Gasteiger partial charge in [0.05, 0.1) is 5.75 Å². The number of primary sulfonamides is 1. The maximum Gasteiger partial charge on any atom is 0.220 e. The quantitative estimate of drug-likeness (QED) is 0.451. The van der Waals surface area contributed by atoms with Gasteiger partial charge in [0.25, 0.3) is 0 Å². The molecule has 0 saturated heterocycles. The van der Waals surface area contributed by atoms with Gasteiger partial charge in [-0.05, 0) is 6.42 Å². The summed E-state index contributed by atoms with van der Waals surface area (Å²) in [4.78, 5) is 10.9. The van der Waals surface area contributed by atoms with Crippen LogP contribution in [0.25, 0.3) is 0 Å². The lowest BCUT2D eigenvalue weighted by Crippen LogP contribution is -2.26. The highest BCUT2D eigenvalue weighted by Crippen LogP contribution is 1.87. The van der Waals surface area contributed by atoms with E-state index in [1.807, 2.05) is 0 Å². The van der Waals surface area contributed by atoms with Crippen molar-refractivity contribution in [3.63, 3.8) is 0 Å². The van der Waals surface area contributed by atoms with Crippen molar-refractivity contribution in [3.05, 3.63) is 0 Å². The van der Waals surface area contributed by atoms with E-state index >= 15 is 0 Å².